The monoisotopic (exact) mass is 315 g/mol. The second-order valence-corrected chi connectivity index (χ2v) is 7.05. The number of rotatable bonds is 3. The second kappa shape index (κ2) is 4.55. The molecule has 0 bridgehead atoms. The number of nitrogens with one attached hydrogen (secondary N) is 1. The number of hydrogen-bond acceptors (Lipinski definition) is 3. The molecule has 0 saturated heterocycles. The van der Waals surface area contributed by atoms with E-state index in [9.17, 15) is 8.42 Å². The fourth-order valence-electron chi connectivity index (χ4n) is 1.76. The van der Waals surface area contributed by atoms with Gasteiger partial charge >= 0.3 is 0 Å². The van der Waals surface area contributed by atoms with Gasteiger partial charge < -0.3 is 5.32 Å². The zero-order chi connectivity index (χ0) is 12.6. The van der Waals surface area contributed by atoms with E-state index in [-0.39, 0.29) is 0 Å². The molecule has 92 valence electrons. The molecule has 1 N–H and O–H groups in total. The van der Waals surface area contributed by atoms with Gasteiger partial charge in [0.2, 0.25) is 9.84 Å². The predicted molar refractivity (Wildman–Crippen MR) is 72.4 cm³/mol. The Labute approximate surface area is 110 Å². The van der Waals surface area contributed by atoms with Gasteiger partial charge in [0.1, 0.15) is 0 Å². The fourth-order valence-corrected chi connectivity index (χ4v) is 3.78. The van der Waals surface area contributed by atoms with E-state index in [4.69, 9.17) is 0 Å². The third-order valence-corrected chi connectivity index (χ3v) is 4.63. The van der Waals surface area contributed by atoms with Crippen LogP contribution in [0.5, 0.6) is 0 Å². The first-order chi connectivity index (χ1) is 7.90. The van der Waals surface area contributed by atoms with Gasteiger partial charge in [-0.2, -0.15) is 0 Å². The molecule has 1 aliphatic heterocycles. The van der Waals surface area contributed by atoms with Crippen molar-refractivity contribution in [2.24, 2.45) is 0 Å². The number of halogens is 1. The van der Waals surface area contributed by atoms with E-state index < -0.39 is 9.84 Å². The molecule has 0 fully saturated rings. The van der Waals surface area contributed by atoms with E-state index >= 15 is 0 Å². The van der Waals surface area contributed by atoms with Gasteiger partial charge in [0.25, 0.3) is 0 Å². The summed E-state index contributed by atoms with van der Waals surface area (Å²) in [5.41, 5.74) is 1.64. The lowest BCUT2D eigenvalue weighted by Crippen LogP contribution is -2.24. The van der Waals surface area contributed by atoms with E-state index in [0.29, 0.717) is 17.5 Å². The number of benzene rings is 1. The van der Waals surface area contributed by atoms with E-state index in [1.807, 2.05) is 26.0 Å². The van der Waals surface area contributed by atoms with Gasteiger partial charge in [-0.25, -0.2) is 8.42 Å². The van der Waals surface area contributed by atoms with Crippen LogP contribution >= 0.6 is 15.9 Å². The minimum absolute atomic E-state index is 0.332. The SMILES string of the molecule is CC(C)NCC1=CS(=O)(=O)c2cc(Br)ccc21. The standard InChI is InChI=1S/C12H14BrNO2S/c1-8(2)14-6-9-7-17(15,16)12-5-10(13)3-4-11(9)12/h3-5,7-8,14H,6H2,1-2H3. The van der Waals surface area contributed by atoms with Gasteiger partial charge in [0, 0.05) is 22.5 Å². The molecule has 5 heteroatoms. The summed E-state index contributed by atoms with van der Waals surface area (Å²) in [5.74, 6) is 0. The Balaban J connectivity index is 2.40. The van der Waals surface area contributed by atoms with Crippen LogP contribution < -0.4 is 5.32 Å². The minimum Gasteiger partial charge on any atom is -0.310 e. The normalized spacial score (nSPS) is 17.1. The average Bonchev–Trinajstić information content (AvgIpc) is 2.48. The van der Waals surface area contributed by atoms with Crippen molar-refractivity contribution in [2.45, 2.75) is 24.8 Å². The van der Waals surface area contributed by atoms with Crippen LogP contribution in [0.2, 0.25) is 0 Å². The van der Waals surface area contributed by atoms with Crippen LogP contribution in [0.4, 0.5) is 0 Å². The van der Waals surface area contributed by atoms with Gasteiger partial charge in [-0.15, -0.1) is 0 Å². The van der Waals surface area contributed by atoms with E-state index in [1.54, 1.807) is 6.07 Å². The summed E-state index contributed by atoms with van der Waals surface area (Å²) in [6.45, 7) is 4.64. The molecule has 1 aromatic carbocycles. The molecule has 2 rings (SSSR count). The van der Waals surface area contributed by atoms with E-state index in [1.165, 1.54) is 5.41 Å². The molecule has 17 heavy (non-hydrogen) atoms. The molecule has 0 aliphatic carbocycles. The third-order valence-electron chi connectivity index (χ3n) is 2.59. The number of fused-ring (bicyclic) bond motifs is 1. The number of sulfone groups is 1. The van der Waals surface area contributed by atoms with Crippen molar-refractivity contribution in [3.8, 4) is 0 Å². The highest BCUT2D eigenvalue weighted by molar-refractivity contribution is 9.10. The van der Waals surface area contributed by atoms with Crippen molar-refractivity contribution in [3.05, 3.63) is 33.6 Å². The Morgan fingerprint density at radius 2 is 2.06 bits per heavy atom. The summed E-state index contributed by atoms with van der Waals surface area (Å²) in [5, 5.41) is 4.60. The summed E-state index contributed by atoms with van der Waals surface area (Å²) in [6.07, 6.45) is 0. The predicted octanol–water partition coefficient (Wildman–Crippen LogP) is 2.58. The Kier molecular flexibility index (Phi) is 3.43. The van der Waals surface area contributed by atoms with Crippen molar-refractivity contribution in [1.29, 1.82) is 0 Å². The lowest BCUT2D eigenvalue weighted by Gasteiger charge is -2.09. The largest absolute Gasteiger partial charge is 0.310 e. The molecule has 0 aromatic heterocycles. The molecule has 1 heterocycles. The van der Waals surface area contributed by atoms with E-state index in [2.05, 4.69) is 21.2 Å². The maximum Gasteiger partial charge on any atom is 0.200 e. The molecular formula is C12H14BrNO2S. The Morgan fingerprint density at radius 3 is 2.71 bits per heavy atom. The van der Waals surface area contributed by atoms with Gasteiger partial charge in [-0.05, 0) is 23.3 Å². The zero-order valence-corrected chi connectivity index (χ0v) is 12.1. The van der Waals surface area contributed by atoms with Crippen molar-refractivity contribution in [1.82, 2.24) is 5.32 Å². The molecule has 0 amide bonds. The lowest BCUT2D eigenvalue weighted by molar-refractivity contribution is 0.605. The summed E-state index contributed by atoms with van der Waals surface area (Å²) in [7, 11) is -3.26. The van der Waals surface area contributed by atoms with Gasteiger partial charge in [0.15, 0.2) is 0 Å². The van der Waals surface area contributed by atoms with Crippen LogP contribution in [0.25, 0.3) is 5.57 Å². The third kappa shape index (κ3) is 2.61. The van der Waals surface area contributed by atoms with Crippen LogP contribution in [0.3, 0.4) is 0 Å². The second-order valence-electron chi connectivity index (χ2n) is 4.36. The molecule has 3 nitrogen and oxygen atoms in total. The first-order valence-electron chi connectivity index (χ1n) is 5.39. The molecule has 0 radical (unpaired) electrons. The summed E-state index contributed by atoms with van der Waals surface area (Å²) in [6, 6.07) is 5.70. The van der Waals surface area contributed by atoms with Crippen molar-refractivity contribution < 1.29 is 8.42 Å². The zero-order valence-electron chi connectivity index (χ0n) is 9.70. The highest BCUT2D eigenvalue weighted by Gasteiger charge is 2.26. The molecule has 0 saturated carbocycles. The van der Waals surface area contributed by atoms with Gasteiger partial charge in [-0.1, -0.05) is 35.8 Å². The average molecular weight is 316 g/mol. The van der Waals surface area contributed by atoms with Crippen LogP contribution in [0.1, 0.15) is 19.4 Å². The lowest BCUT2D eigenvalue weighted by atomic mass is 10.1. The molecule has 0 unspecified atom stereocenters. The molecule has 1 aliphatic rings. The first kappa shape index (κ1) is 12.8. The topological polar surface area (TPSA) is 46.2 Å². The molecule has 0 atom stereocenters. The molecule has 1 aromatic rings. The Morgan fingerprint density at radius 1 is 1.35 bits per heavy atom. The highest BCUT2D eigenvalue weighted by Crippen LogP contribution is 2.34. The van der Waals surface area contributed by atoms with Gasteiger partial charge in [0.05, 0.1) is 4.90 Å². The van der Waals surface area contributed by atoms with Crippen LogP contribution in [0, 0.1) is 0 Å². The summed E-state index contributed by atoms with van der Waals surface area (Å²) < 4.78 is 24.7. The smallest absolute Gasteiger partial charge is 0.200 e. The van der Waals surface area contributed by atoms with Crippen molar-refractivity contribution >= 4 is 31.3 Å². The van der Waals surface area contributed by atoms with Gasteiger partial charge in [-0.3, -0.25) is 0 Å². The number of hydrogen-bond donors (Lipinski definition) is 1. The van der Waals surface area contributed by atoms with Crippen molar-refractivity contribution in [3.63, 3.8) is 0 Å². The highest BCUT2D eigenvalue weighted by atomic mass is 79.9. The van der Waals surface area contributed by atoms with Crippen LogP contribution in [0.15, 0.2) is 33.0 Å². The van der Waals surface area contributed by atoms with Crippen molar-refractivity contribution in [2.75, 3.05) is 6.54 Å². The summed E-state index contributed by atoms with van der Waals surface area (Å²) in [4.78, 5) is 0.396. The summed E-state index contributed by atoms with van der Waals surface area (Å²) >= 11 is 3.30. The maximum absolute atomic E-state index is 11.9. The van der Waals surface area contributed by atoms with Crippen LogP contribution in [-0.4, -0.2) is 21.0 Å². The molecule has 0 spiro atoms. The quantitative estimate of drug-likeness (QED) is 0.932. The molecular weight excluding hydrogens is 302 g/mol. The maximum atomic E-state index is 11.9. The minimum atomic E-state index is -3.26. The van der Waals surface area contributed by atoms with E-state index in [0.717, 1.165) is 15.6 Å². The first-order valence-corrected chi connectivity index (χ1v) is 7.73. The van der Waals surface area contributed by atoms with Crippen LogP contribution in [-0.2, 0) is 9.84 Å². The fraction of sp³-hybridized carbons (Fsp3) is 0.333. The Hall–Kier alpha value is -0.650. The Bertz CT molecular complexity index is 576.